The third-order valence-electron chi connectivity index (χ3n) is 5.57. The van der Waals surface area contributed by atoms with E-state index in [0.717, 1.165) is 0 Å². The molecular weight excluding hydrogens is 486 g/mol. The van der Waals surface area contributed by atoms with Gasteiger partial charge in [0, 0.05) is 36.6 Å². The molecular formula is C22H35N9O6. The molecule has 5 atom stereocenters. The SMILES string of the molecule is CC(O)C(NC(=O)C(Cc1cnc[nH]1)NC(=O)C(N)CCCCN)C(=O)NC(Cc1cnc[nH]1)C(=O)O. The minimum absolute atomic E-state index is 0.00117. The fourth-order valence-electron chi connectivity index (χ4n) is 3.48. The molecule has 11 N–H and O–H groups in total. The first-order valence-corrected chi connectivity index (χ1v) is 11.8. The van der Waals surface area contributed by atoms with Crippen LogP contribution in [0, 0.1) is 0 Å². The lowest BCUT2D eigenvalue weighted by atomic mass is 10.1. The molecule has 0 saturated heterocycles. The molecule has 2 aromatic heterocycles. The van der Waals surface area contributed by atoms with Crippen molar-refractivity contribution >= 4 is 23.7 Å². The number of hydrogen-bond donors (Lipinski definition) is 9. The Morgan fingerprint density at radius 3 is 1.97 bits per heavy atom. The van der Waals surface area contributed by atoms with Gasteiger partial charge in [0.1, 0.15) is 18.1 Å². The van der Waals surface area contributed by atoms with Crippen LogP contribution in [0.4, 0.5) is 0 Å². The summed E-state index contributed by atoms with van der Waals surface area (Å²) in [6, 6.07) is -4.89. The number of aliphatic carboxylic acids is 1. The molecule has 15 heteroatoms. The zero-order chi connectivity index (χ0) is 27.4. The van der Waals surface area contributed by atoms with Gasteiger partial charge in [-0.25, -0.2) is 14.8 Å². The van der Waals surface area contributed by atoms with Gasteiger partial charge in [0.15, 0.2) is 0 Å². The van der Waals surface area contributed by atoms with E-state index in [1.807, 2.05) is 0 Å². The summed E-state index contributed by atoms with van der Waals surface area (Å²) in [5, 5.41) is 27.0. The van der Waals surface area contributed by atoms with Gasteiger partial charge >= 0.3 is 5.97 Å². The van der Waals surface area contributed by atoms with Crippen molar-refractivity contribution in [2.24, 2.45) is 11.5 Å². The zero-order valence-corrected chi connectivity index (χ0v) is 20.5. The summed E-state index contributed by atoms with van der Waals surface area (Å²) in [6.45, 7) is 1.73. The molecule has 0 spiro atoms. The van der Waals surface area contributed by atoms with Crippen LogP contribution in [-0.4, -0.2) is 90.7 Å². The number of aliphatic hydroxyl groups excluding tert-OH is 1. The molecule has 2 aromatic rings. The van der Waals surface area contributed by atoms with Crippen LogP contribution in [-0.2, 0) is 32.0 Å². The summed E-state index contributed by atoms with van der Waals surface area (Å²) < 4.78 is 0. The van der Waals surface area contributed by atoms with Crippen molar-refractivity contribution in [1.29, 1.82) is 0 Å². The van der Waals surface area contributed by atoms with Crippen molar-refractivity contribution in [3.8, 4) is 0 Å². The summed E-state index contributed by atoms with van der Waals surface area (Å²) >= 11 is 0. The number of amides is 3. The largest absolute Gasteiger partial charge is 0.480 e. The van der Waals surface area contributed by atoms with E-state index in [1.54, 1.807) is 0 Å². The first kappa shape index (κ1) is 29.4. The van der Waals surface area contributed by atoms with Gasteiger partial charge in [0.05, 0.1) is 24.8 Å². The number of carbonyl (C=O) groups excluding carboxylic acids is 3. The Hall–Kier alpha value is -3.82. The molecule has 5 unspecified atom stereocenters. The third-order valence-corrected chi connectivity index (χ3v) is 5.57. The first-order valence-electron chi connectivity index (χ1n) is 11.8. The smallest absolute Gasteiger partial charge is 0.326 e. The second kappa shape index (κ2) is 14.7. The monoisotopic (exact) mass is 521 g/mol. The second-order valence-electron chi connectivity index (χ2n) is 8.64. The Morgan fingerprint density at radius 1 is 0.919 bits per heavy atom. The number of carboxylic acid groups (broad SMARTS) is 1. The van der Waals surface area contributed by atoms with Crippen molar-refractivity contribution < 1.29 is 29.4 Å². The van der Waals surface area contributed by atoms with Crippen molar-refractivity contribution in [3.63, 3.8) is 0 Å². The average molecular weight is 522 g/mol. The Labute approximate surface area is 213 Å². The van der Waals surface area contributed by atoms with Crippen molar-refractivity contribution in [2.75, 3.05) is 6.54 Å². The van der Waals surface area contributed by atoms with Crippen LogP contribution < -0.4 is 27.4 Å². The number of unbranched alkanes of at least 4 members (excludes halogenated alkanes) is 1. The molecule has 3 amide bonds. The number of imidazole rings is 2. The van der Waals surface area contributed by atoms with E-state index in [1.165, 1.54) is 32.0 Å². The predicted molar refractivity (Wildman–Crippen MR) is 131 cm³/mol. The molecule has 0 aliphatic carbocycles. The minimum atomic E-state index is -1.50. The maximum absolute atomic E-state index is 13.1. The number of aromatic nitrogens is 4. The van der Waals surface area contributed by atoms with Crippen LogP contribution in [0.3, 0.4) is 0 Å². The van der Waals surface area contributed by atoms with Crippen LogP contribution in [0.25, 0.3) is 0 Å². The lowest BCUT2D eigenvalue weighted by Gasteiger charge is -2.26. The van der Waals surface area contributed by atoms with E-state index in [9.17, 15) is 29.4 Å². The van der Waals surface area contributed by atoms with E-state index >= 15 is 0 Å². The van der Waals surface area contributed by atoms with Gasteiger partial charge in [-0.1, -0.05) is 6.42 Å². The number of aromatic amines is 2. The molecule has 0 aliphatic heterocycles. The number of rotatable bonds is 16. The second-order valence-corrected chi connectivity index (χ2v) is 8.64. The highest BCUT2D eigenvalue weighted by molar-refractivity contribution is 5.94. The predicted octanol–water partition coefficient (Wildman–Crippen LogP) is -2.71. The van der Waals surface area contributed by atoms with Crippen molar-refractivity contribution in [1.82, 2.24) is 35.9 Å². The quantitative estimate of drug-likeness (QED) is 0.103. The lowest BCUT2D eigenvalue weighted by Crippen LogP contribution is -2.60. The highest BCUT2D eigenvalue weighted by Gasteiger charge is 2.33. The van der Waals surface area contributed by atoms with E-state index in [0.29, 0.717) is 37.2 Å². The number of nitrogens with two attached hydrogens (primary N) is 2. The van der Waals surface area contributed by atoms with E-state index in [2.05, 4.69) is 35.9 Å². The first-order chi connectivity index (χ1) is 17.6. The Bertz CT molecular complexity index is 996. The fraction of sp³-hybridized carbons (Fsp3) is 0.545. The minimum Gasteiger partial charge on any atom is -0.480 e. The van der Waals surface area contributed by atoms with Crippen molar-refractivity contribution in [3.05, 3.63) is 36.4 Å². The van der Waals surface area contributed by atoms with Gasteiger partial charge in [-0.3, -0.25) is 14.4 Å². The number of nitrogens with one attached hydrogen (secondary N) is 5. The van der Waals surface area contributed by atoms with E-state index in [4.69, 9.17) is 11.5 Å². The highest BCUT2D eigenvalue weighted by Crippen LogP contribution is 2.05. The van der Waals surface area contributed by atoms with Gasteiger partial charge < -0.3 is 47.6 Å². The standard InChI is InChI=1S/C22H35N9O6/c1-12(32)18(21(35)30-17(22(36)37)7-14-9-26-11-28-14)31-20(34)16(6-13-8-25-10-27-13)29-19(33)15(24)4-2-3-5-23/h8-12,15-18,32H,2-7,23-24H2,1H3,(H,25,27)(H,26,28)(H,29,33)(H,30,35)(H,31,34)(H,36,37). The van der Waals surface area contributed by atoms with Crippen LogP contribution in [0.2, 0.25) is 0 Å². The molecule has 0 fully saturated rings. The van der Waals surface area contributed by atoms with Crippen LogP contribution in [0.15, 0.2) is 25.0 Å². The summed E-state index contributed by atoms with van der Waals surface area (Å²) in [6.07, 6.45) is 5.88. The fourth-order valence-corrected chi connectivity index (χ4v) is 3.48. The maximum Gasteiger partial charge on any atom is 0.326 e. The van der Waals surface area contributed by atoms with Gasteiger partial charge in [0.25, 0.3) is 0 Å². The van der Waals surface area contributed by atoms with Crippen molar-refractivity contribution in [2.45, 2.75) is 69.3 Å². The number of aliphatic hydroxyl groups is 1. The molecule has 37 heavy (non-hydrogen) atoms. The summed E-state index contributed by atoms with van der Waals surface area (Å²) in [4.78, 5) is 63.6. The van der Waals surface area contributed by atoms with E-state index in [-0.39, 0.29) is 12.8 Å². The zero-order valence-electron chi connectivity index (χ0n) is 20.5. The maximum atomic E-state index is 13.1. The number of carboxylic acids is 1. The van der Waals surface area contributed by atoms with Crippen LogP contribution in [0.1, 0.15) is 37.6 Å². The number of nitrogens with zero attached hydrogens (tertiary/aromatic N) is 2. The molecule has 0 aliphatic rings. The third kappa shape index (κ3) is 9.63. The molecule has 204 valence electrons. The topological polar surface area (TPSA) is 254 Å². The van der Waals surface area contributed by atoms with Crippen LogP contribution >= 0.6 is 0 Å². The summed E-state index contributed by atoms with van der Waals surface area (Å²) in [5.74, 6) is -3.58. The molecule has 0 radical (unpaired) electrons. The Kier molecular flexibility index (Phi) is 11.7. The van der Waals surface area contributed by atoms with Gasteiger partial charge in [-0.05, 0) is 26.3 Å². The molecule has 2 heterocycles. The van der Waals surface area contributed by atoms with Gasteiger partial charge in [-0.15, -0.1) is 0 Å². The molecule has 0 aromatic carbocycles. The van der Waals surface area contributed by atoms with Gasteiger partial charge in [0.2, 0.25) is 17.7 Å². The average Bonchev–Trinajstić information content (AvgIpc) is 3.55. The molecule has 0 bridgehead atoms. The highest BCUT2D eigenvalue weighted by atomic mass is 16.4. The Morgan fingerprint density at radius 2 is 1.49 bits per heavy atom. The number of H-pyrrole nitrogens is 2. The number of hydrogen-bond acceptors (Lipinski definition) is 9. The van der Waals surface area contributed by atoms with Gasteiger partial charge in [-0.2, -0.15) is 0 Å². The lowest BCUT2D eigenvalue weighted by molar-refractivity contribution is -0.143. The number of carbonyl (C=O) groups is 4. The molecule has 2 rings (SSSR count). The molecule has 0 saturated carbocycles. The summed E-state index contributed by atoms with van der Waals surface area (Å²) in [5.41, 5.74) is 12.4. The normalized spacial score (nSPS) is 15.1. The Balaban J connectivity index is 2.11. The summed E-state index contributed by atoms with van der Waals surface area (Å²) in [7, 11) is 0. The van der Waals surface area contributed by atoms with E-state index < -0.39 is 54.0 Å². The van der Waals surface area contributed by atoms with Crippen LogP contribution in [0.5, 0.6) is 0 Å². The molecule has 15 nitrogen and oxygen atoms in total.